The van der Waals surface area contributed by atoms with Gasteiger partial charge in [0.1, 0.15) is 11.6 Å². The fraction of sp³-hybridized carbons (Fsp3) is 0.321. The summed E-state index contributed by atoms with van der Waals surface area (Å²) in [6, 6.07) is 15.8. The van der Waals surface area contributed by atoms with Gasteiger partial charge in [-0.15, -0.1) is 0 Å². The van der Waals surface area contributed by atoms with E-state index in [1.807, 2.05) is 30.3 Å². The first kappa shape index (κ1) is 27.0. The SMILES string of the molecule is O=C(O)C[C@@H]1Cc2ccc(OCCCNc3ccccn3)cc2CN(Cc2ccc(C(F)(F)F)cc2)C1=O. The molecular formula is C28H28F3N3O4. The van der Waals surface area contributed by atoms with E-state index in [1.54, 1.807) is 12.3 Å². The number of benzene rings is 2. The monoisotopic (exact) mass is 527 g/mol. The molecule has 3 aromatic rings. The van der Waals surface area contributed by atoms with Crippen LogP contribution in [0.4, 0.5) is 19.0 Å². The Morgan fingerprint density at radius 3 is 2.58 bits per heavy atom. The number of pyridine rings is 1. The van der Waals surface area contributed by atoms with Crippen LogP contribution in [-0.4, -0.2) is 40.0 Å². The van der Waals surface area contributed by atoms with Gasteiger partial charge in [0.2, 0.25) is 5.91 Å². The number of hydrogen-bond acceptors (Lipinski definition) is 5. The van der Waals surface area contributed by atoms with Crippen molar-refractivity contribution < 1.29 is 32.6 Å². The Kier molecular flexibility index (Phi) is 8.50. The van der Waals surface area contributed by atoms with E-state index in [0.29, 0.717) is 24.5 Å². The highest BCUT2D eigenvalue weighted by Gasteiger charge is 2.32. The zero-order valence-corrected chi connectivity index (χ0v) is 20.6. The molecule has 0 saturated carbocycles. The highest BCUT2D eigenvalue weighted by Crippen LogP contribution is 2.31. The van der Waals surface area contributed by atoms with Crippen LogP contribution in [0.1, 0.15) is 35.1 Å². The van der Waals surface area contributed by atoms with Gasteiger partial charge in [0, 0.05) is 25.8 Å². The van der Waals surface area contributed by atoms with Crippen molar-refractivity contribution in [1.29, 1.82) is 0 Å². The third-order valence-corrected chi connectivity index (χ3v) is 6.30. The second kappa shape index (κ2) is 12.0. The van der Waals surface area contributed by atoms with Gasteiger partial charge in [-0.3, -0.25) is 9.59 Å². The van der Waals surface area contributed by atoms with Gasteiger partial charge in [-0.1, -0.05) is 24.3 Å². The maximum Gasteiger partial charge on any atom is 0.416 e. The lowest BCUT2D eigenvalue weighted by Gasteiger charge is -2.24. The van der Waals surface area contributed by atoms with Crippen LogP contribution in [0, 0.1) is 5.92 Å². The molecule has 0 radical (unpaired) electrons. The minimum atomic E-state index is -4.45. The summed E-state index contributed by atoms with van der Waals surface area (Å²) in [6.45, 7) is 1.39. The van der Waals surface area contributed by atoms with Crippen molar-refractivity contribution in [3.05, 3.63) is 89.1 Å². The second-order valence-corrected chi connectivity index (χ2v) is 9.16. The topological polar surface area (TPSA) is 91.8 Å². The van der Waals surface area contributed by atoms with Crippen molar-refractivity contribution in [3.8, 4) is 5.75 Å². The van der Waals surface area contributed by atoms with Crippen LogP contribution in [0.3, 0.4) is 0 Å². The van der Waals surface area contributed by atoms with Gasteiger partial charge in [-0.05, 0) is 65.9 Å². The van der Waals surface area contributed by atoms with E-state index < -0.39 is 23.6 Å². The van der Waals surface area contributed by atoms with E-state index in [0.717, 1.165) is 35.5 Å². The second-order valence-electron chi connectivity index (χ2n) is 9.16. The lowest BCUT2D eigenvalue weighted by Crippen LogP contribution is -2.35. The molecule has 2 aromatic carbocycles. The third kappa shape index (κ3) is 7.24. The number of hydrogen-bond donors (Lipinski definition) is 2. The summed E-state index contributed by atoms with van der Waals surface area (Å²) < 4.78 is 44.7. The molecule has 0 aliphatic carbocycles. The fourth-order valence-corrected chi connectivity index (χ4v) is 4.40. The lowest BCUT2D eigenvalue weighted by atomic mass is 9.94. The lowest BCUT2D eigenvalue weighted by molar-refractivity contribution is -0.144. The minimum absolute atomic E-state index is 0.0663. The zero-order valence-electron chi connectivity index (χ0n) is 20.6. The Hall–Kier alpha value is -4.08. The van der Waals surface area contributed by atoms with E-state index in [2.05, 4.69) is 10.3 Å². The van der Waals surface area contributed by atoms with Crippen molar-refractivity contribution in [2.24, 2.45) is 5.92 Å². The smallest absolute Gasteiger partial charge is 0.416 e. The number of carbonyl (C=O) groups excluding carboxylic acids is 1. The van der Waals surface area contributed by atoms with Gasteiger partial charge in [0.05, 0.1) is 24.5 Å². The number of alkyl halides is 3. The molecule has 0 unspecified atom stereocenters. The van der Waals surface area contributed by atoms with Crippen LogP contribution in [0.5, 0.6) is 5.75 Å². The number of carboxylic acid groups (broad SMARTS) is 1. The number of carbonyl (C=O) groups is 2. The molecule has 0 bridgehead atoms. The van der Waals surface area contributed by atoms with E-state index in [1.165, 1.54) is 17.0 Å². The fourth-order valence-electron chi connectivity index (χ4n) is 4.40. The van der Waals surface area contributed by atoms with Gasteiger partial charge >= 0.3 is 12.1 Å². The van der Waals surface area contributed by atoms with Crippen molar-refractivity contribution in [2.75, 3.05) is 18.5 Å². The first-order chi connectivity index (χ1) is 18.2. The molecule has 38 heavy (non-hydrogen) atoms. The number of anilines is 1. The van der Waals surface area contributed by atoms with Crippen LogP contribution in [0.2, 0.25) is 0 Å². The number of aromatic nitrogens is 1. The highest BCUT2D eigenvalue weighted by atomic mass is 19.4. The van der Waals surface area contributed by atoms with Gasteiger partial charge < -0.3 is 20.1 Å². The summed E-state index contributed by atoms with van der Waals surface area (Å²) in [5, 5.41) is 12.6. The first-order valence-electron chi connectivity index (χ1n) is 12.3. The van der Waals surface area contributed by atoms with Crippen molar-refractivity contribution in [3.63, 3.8) is 0 Å². The average molecular weight is 528 g/mol. The summed E-state index contributed by atoms with van der Waals surface area (Å²) >= 11 is 0. The van der Waals surface area contributed by atoms with Crippen LogP contribution >= 0.6 is 0 Å². The summed E-state index contributed by atoms with van der Waals surface area (Å²) in [4.78, 5) is 30.4. The minimum Gasteiger partial charge on any atom is -0.494 e. The largest absolute Gasteiger partial charge is 0.494 e. The first-order valence-corrected chi connectivity index (χ1v) is 12.3. The number of amides is 1. The molecule has 4 rings (SSSR count). The zero-order chi connectivity index (χ0) is 27.1. The number of halogens is 3. The molecule has 2 N–H and O–H groups in total. The van der Waals surface area contributed by atoms with Crippen molar-refractivity contribution >= 4 is 17.7 Å². The molecule has 0 spiro atoms. The molecule has 1 atom stereocenters. The molecule has 0 saturated heterocycles. The van der Waals surface area contributed by atoms with E-state index in [9.17, 15) is 27.9 Å². The van der Waals surface area contributed by atoms with Crippen molar-refractivity contribution in [2.45, 2.75) is 38.5 Å². The molecule has 1 aliphatic heterocycles. The molecule has 2 heterocycles. The number of nitrogens with zero attached hydrogens (tertiary/aromatic N) is 2. The summed E-state index contributed by atoms with van der Waals surface area (Å²) in [6.07, 6.45) is -2.08. The van der Waals surface area contributed by atoms with Crippen LogP contribution in [0.25, 0.3) is 0 Å². The highest BCUT2D eigenvalue weighted by molar-refractivity contribution is 5.84. The van der Waals surface area contributed by atoms with E-state index in [4.69, 9.17) is 4.74 Å². The van der Waals surface area contributed by atoms with E-state index >= 15 is 0 Å². The van der Waals surface area contributed by atoms with Gasteiger partial charge in [-0.25, -0.2) is 4.98 Å². The molecule has 1 amide bonds. The predicted octanol–water partition coefficient (Wildman–Crippen LogP) is 5.16. The Morgan fingerprint density at radius 2 is 1.89 bits per heavy atom. The van der Waals surface area contributed by atoms with Crippen LogP contribution in [-0.2, 0) is 35.3 Å². The maximum atomic E-state index is 13.3. The maximum absolute atomic E-state index is 13.3. The molecule has 1 aromatic heterocycles. The number of nitrogens with one attached hydrogen (secondary N) is 1. The standard InChI is InChI=1S/C28H28F3N3O4/c29-28(30,31)23-8-5-19(6-9-23)17-34-18-22-15-24(38-13-3-12-33-25-4-1-2-11-32-25)10-7-20(22)14-21(27(34)37)16-26(35)36/h1-2,4-11,15,21H,3,12-14,16-18H2,(H,32,33)(H,35,36)/t21-/m0/s1. The van der Waals surface area contributed by atoms with Crippen LogP contribution in [0.15, 0.2) is 66.9 Å². The Balaban J connectivity index is 1.44. The quantitative estimate of drug-likeness (QED) is 0.354. The number of carboxylic acids is 1. The molecule has 200 valence electrons. The molecule has 7 nitrogen and oxygen atoms in total. The van der Waals surface area contributed by atoms with Gasteiger partial charge in [0.25, 0.3) is 0 Å². The summed E-state index contributed by atoms with van der Waals surface area (Å²) in [5.41, 5.74) is 1.43. The summed E-state index contributed by atoms with van der Waals surface area (Å²) in [5.74, 6) is -0.786. The normalized spacial score (nSPS) is 15.5. The van der Waals surface area contributed by atoms with Crippen LogP contribution < -0.4 is 10.1 Å². The Bertz CT molecular complexity index is 1250. The third-order valence-electron chi connectivity index (χ3n) is 6.30. The molecular weight excluding hydrogens is 499 g/mol. The number of ether oxygens (including phenoxy) is 1. The predicted molar refractivity (Wildman–Crippen MR) is 134 cm³/mol. The molecule has 10 heteroatoms. The van der Waals surface area contributed by atoms with Gasteiger partial charge in [-0.2, -0.15) is 13.2 Å². The number of aliphatic carboxylic acids is 1. The molecule has 0 fully saturated rings. The number of fused-ring (bicyclic) bond motifs is 1. The van der Waals surface area contributed by atoms with E-state index in [-0.39, 0.29) is 31.8 Å². The Morgan fingerprint density at radius 1 is 1.11 bits per heavy atom. The molecule has 1 aliphatic rings. The average Bonchev–Trinajstić information content (AvgIpc) is 3.00. The van der Waals surface area contributed by atoms with Gasteiger partial charge in [0.15, 0.2) is 0 Å². The van der Waals surface area contributed by atoms with Crippen molar-refractivity contribution in [1.82, 2.24) is 9.88 Å². The Labute approximate surface area is 218 Å². The number of rotatable bonds is 10. The summed E-state index contributed by atoms with van der Waals surface area (Å²) in [7, 11) is 0.